The molecule has 0 aliphatic heterocycles. The number of rotatable bonds is 8. The number of amides is 1. The number of ether oxygens (including phenoxy) is 2. The van der Waals surface area contributed by atoms with Gasteiger partial charge in [0.05, 0.1) is 20.0 Å². The van der Waals surface area contributed by atoms with Gasteiger partial charge in [0.2, 0.25) is 5.91 Å². The van der Waals surface area contributed by atoms with Crippen molar-refractivity contribution in [2.75, 3.05) is 20.0 Å². The highest BCUT2D eigenvalue weighted by Crippen LogP contribution is 2.27. The van der Waals surface area contributed by atoms with Crippen LogP contribution in [0, 0.1) is 0 Å². The number of hydrogen-bond donors (Lipinski definition) is 1. The zero-order chi connectivity index (χ0) is 19.9. The minimum absolute atomic E-state index is 0.0896. The van der Waals surface area contributed by atoms with Gasteiger partial charge in [-0.15, -0.1) is 10.2 Å². The number of hydrogen-bond acceptors (Lipinski definition) is 7. The lowest BCUT2D eigenvalue weighted by molar-refractivity contribution is -0.118. The molecule has 0 saturated carbocycles. The number of aromatic nitrogens is 4. The van der Waals surface area contributed by atoms with E-state index in [1.165, 1.54) is 11.8 Å². The number of pyridine rings is 1. The Bertz CT molecular complexity index is 946. The predicted octanol–water partition coefficient (Wildman–Crippen LogP) is 2.30. The summed E-state index contributed by atoms with van der Waals surface area (Å²) < 4.78 is 12.4. The Labute approximate surface area is 167 Å². The van der Waals surface area contributed by atoms with Crippen molar-refractivity contribution < 1.29 is 14.3 Å². The summed E-state index contributed by atoms with van der Waals surface area (Å²) in [5, 5.41) is 11.9. The average molecular weight is 399 g/mol. The molecule has 0 atom stereocenters. The molecule has 28 heavy (non-hydrogen) atoms. The van der Waals surface area contributed by atoms with Gasteiger partial charge < -0.3 is 19.4 Å². The van der Waals surface area contributed by atoms with E-state index in [0.29, 0.717) is 23.2 Å². The molecule has 0 spiro atoms. The van der Waals surface area contributed by atoms with Crippen molar-refractivity contribution >= 4 is 17.7 Å². The van der Waals surface area contributed by atoms with Crippen molar-refractivity contribution in [1.29, 1.82) is 0 Å². The minimum Gasteiger partial charge on any atom is -0.493 e. The molecule has 3 aromatic rings. The first-order valence-electron chi connectivity index (χ1n) is 8.52. The van der Waals surface area contributed by atoms with Crippen LogP contribution in [0.3, 0.4) is 0 Å². The van der Waals surface area contributed by atoms with Gasteiger partial charge in [0.15, 0.2) is 22.5 Å². The van der Waals surface area contributed by atoms with Gasteiger partial charge in [0.25, 0.3) is 0 Å². The highest BCUT2D eigenvalue weighted by molar-refractivity contribution is 7.99. The van der Waals surface area contributed by atoms with E-state index in [9.17, 15) is 4.79 Å². The van der Waals surface area contributed by atoms with E-state index >= 15 is 0 Å². The summed E-state index contributed by atoms with van der Waals surface area (Å²) in [6.45, 7) is 0.404. The first kappa shape index (κ1) is 19.7. The quantitative estimate of drug-likeness (QED) is 0.581. The second kappa shape index (κ2) is 9.23. The van der Waals surface area contributed by atoms with Crippen molar-refractivity contribution in [2.24, 2.45) is 7.05 Å². The van der Waals surface area contributed by atoms with E-state index in [1.54, 1.807) is 26.6 Å². The minimum atomic E-state index is -0.0896. The number of carbonyl (C=O) groups is 1. The number of methoxy groups -OCH3 is 2. The summed E-state index contributed by atoms with van der Waals surface area (Å²) in [6, 6.07) is 9.28. The topological polar surface area (TPSA) is 91.2 Å². The van der Waals surface area contributed by atoms with E-state index < -0.39 is 0 Å². The second-order valence-corrected chi connectivity index (χ2v) is 6.80. The fourth-order valence-corrected chi connectivity index (χ4v) is 3.31. The van der Waals surface area contributed by atoms with E-state index in [4.69, 9.17) is 9.47 Å². The third-order valence-corrected chi connectivity index (χ3v) is 5.06. The van der Waals surface area contributed by atoms with Gasteiger partial charge in [-0.05, 0) is 29.8 Å². The maximum atomic E-state index is 12.2. The first-order chi connectivity index (χ1) is 13.6. The van der Waals surface area contributed by atoms with Crippen molar-refractivity contribution in [2.45, 2.75) is 11.7 Å². The molecule has 0 aliphatic carbocycles. The molecule has 0 saturated heterocycles. The molecule has 0 unspecified atom stereocenters. The zero-order valence-corrected chi connectivity index (χ0v) is 16.7. The van der Waals surface area contributed by atoms with Crippen molar-refractivity contribution in [1.82, 2.24) is 25.1 Å². The Morgan fingerprint density at radius 2 is 1.86 bits per heavy atom. The maximum Gasteiger partial charge on any atom is 0.230 e. The van der Waals surface area contributed by atoms with E-state index in [-0.39, 0.29) is 11.7 Å². The zero-order valence-electron chi connectivity index (χ0n) is 15.9. The van der Waals surface area contributed by atoms with Gasteiger partial charge >= 0.3 is 0 Å². The molecule has 0 fully saturated rings. The Kier molecular flexibility index (Phi) is 6.49. The van der Waals surface area contributed by atoms with E-state index in [2.05, 4.69) is 20.5 Å². The van der Waals surface area contributed by atoms with Gasteiger partial charge in [-0.25, -0.2) is 0 Å². The number of benzene rings is 1. The van der Waals surface area contributed by atoms with Crippen LogP contribution in [0.15, 0.2) is 47.9 Å². The largest absolute Gasteiger partial charge is 0.493 e. The van der Waals surface area contributed by atoms with Crippen LogP contribution < -0.4 is 14.8 Å². The smallest absolute Gasteiger partial charge is 0.230 e. The predicted molar refractivity (Wildman–Crippen MR) is 106 cm³/mol. The van der Waals surface area contributed by atoms with Crippen LogP contribution in [0.2, 0.25) is 0 Å². The van der Waals surface area contributed by atoms with Gasteiger partial charge in [0, 0.05) is 31.5 Å². The number of nitrogens with zero attached hydrogens (tertiary/aromatic N) is 4. The van der Waals surface area contributed by atoms with Crippen molar-refractivity contribution in [3.05, 3.63) is 48.3 Å². The van der Waals surface area contributed by atoms with E-state index in [0.717, 1.165) is 17.0 Å². The Morgan fingerprint density at radius 3 is 2.57 bits per heavy atom. The monoisotopic (exact) mass is 399 g/mol. The first-order valence-corrected chi connectivity index (χ1v) is 9.51. The summed E-state index contributed by atoms with van der Waals surface area (Å²) in [6.07, 6.45) is 3.41. The van der Waals surface area contributed by atoms with Gasteiger partial charge in [-0.2, -0.15) is 0 Å². The number of thioether (sulfide) groups is 1. The molecular weight excluding hydrogens is 378 g/mol. The standard InChI is InChI=1S/C19H21N5O3S/c1-24-18(14-6-8-20-9-7-14)22-23-19(24)28-12-17(25)21-11-13-4-5-15(26-2)16(10-13)27-3/h4-10H,11-12H2,1-3H3,(H,21,25). The van der Waals surface area contributed by atoms with Crippen molar-refractivity contribution in [3.8, 4) is 22.9 Å². The molecule has 1 amide bonds. The summed E-state index contributed by atoms with van der Waals surface area (Å²) in [7, 11) is 5.04. The molecular formula is C19H21N5O3S. The van der Waals surface area contributed by atoms with Crippen LogP contribution in [0.4, 0.5) is 0 Å². The Balaban J connectivity index is 1.55. The number of carbonyl (C=O) groups excluding carboxylic acids is 1. The molecule has 2 heterocycles. The summed E-state index contributed by atoms with van der Waals surface area (Å²) in [5.41, 5.74) is 1.85. The molecule has 146 valence electrons. The highest BCUT2D eigenvalue weighted by Gasteiger charge is 2.13. The summed E-state index contributed by atoms with van der Waals surface area (Å²) in [5.74, 6) is 2.17. The fourth-order valence-electron chi connectivity index (χ4n) is 2.57. The molecule has 9 heteroatoms. The fraction of sp³-hybridized carbons (Fsp3) is 0.263. The third-order valence-electron chi connectivity index (χ3n) is 4.04. The van der Waals surface area contributed by atoms with Crippen LogP contribution in [-0.4, -0.2) is 45.6 Å². The Morgan fingerprint density at radius 1 is 1.11 bits per heavy atom. The molecule has 1 N–H and O–H groups in total. The van der Waals surface area contributed by atoms with Crippen LogP contribution in [0.25, 0.3) is 11.4 Å². The normalized spacial score (nSPS) is 10.5. The van der Waals surface area contributed by atoms with Crippen LogP contribution >= 0.6 is 11.8 Å². The molecule has 2 aromatic heterocycles. The molecule has 0 radical (unpaired) electrons. The van der Waals surface area contributed by atoms with Crippen LogP contribution in [-0.2, 0) is 18.4 Å². The van der Waals surface area contributed by atoms with Crippen LogP contribution in [0.5, 0.6) is 11.5 Å². The summed E-state index contributed by atoms with van der Waals surface area (Å²) >= 11 is 1.34. The SMILES string of the molecule is COc1ccc(CNC(=O)CSc2nnc(-c3ccncc3)n2C)cc1OC. The number of nitrogens with one attached hydrogen (secondary N) is 1. The molecule has 1 aromatic carbocycles. The van der Waals surface area contributed by atoms with Gasteiger partial charge in [-0.1, -0.05) is 17.8 Å². The molecule has 0 aliphatic rings. The van der Waals surface area contributed by atoms with Crippen LogP contribution in [0.1, 0.15) is 5.56 Å². The average Bonchev–Trinajstić information content (AvgIpc) is 3.11. The highest BCUT2D eigenvalue weighted by atomic mass is 32.2. The third kappa shape index (κ3) is 4.61. The molecule has 8 nitrogen and oxygen atoms in total. The van der Waals surface area contributed by atoms with E-state index in [1.807, 2.05) is 41.9 Å². The van der Waals surface area contributed by atoms with Gasteiger partial charge in [-0.3, -0.25) is 9.78 Å². The lowest BCUT2D eigenvalue weighted by atomic mass is 10.2. The lowest BCUT2D eigenvalue weighted by Gasteiger charge is -2.10. The molecule has 0 bridgehead atoms. The Hall–Kier alpha value is -3.07. The summed E-state index contributed by atoms with van der Waals surface area (Å²) in [4.78, 5) is 16.2. The van der Waals surface area contributed by atoms with Gasteiger partial charge in [0.1, 0.15) is 0 Å². The van der Waals surface area contributed by atoms with Crippen molar-refractivity contribution in [3.63, 3.8) is 0 Å². The lowest BCUT2D eigenvalue weighted by Crippen LogP contribution is -2.24. The molecule has 3 rings (SSSR count). The second-order valence-electron chi connectivity index (χ2n) is 5.86. The maximum absolute atomic E-state index is 12.2.